The third kappa shape index (κ3) is 3.02. The monoisotopic (exact) mass is 341 g/mol. The van der Waals surface area contributed by atoms with E-state index in [4.69, 9.17) is 11.6 Å². The van der Waals surface area contributed by atoms with E-state index >= 15 is 0 Å². The first-order valence-corrected chi connectivity index (χ1v) is 7.38. The molecule has 5 heteroatoms. The minimum atomic E-state index is 0.0746. The Kier molecular flexibility index (Phi) is 4.66. The summed E-state index contributed by atoms with van der Waals surface area (Å²) in [6.45, 7) is 5.06. The summed E-state index contributed by atoms with van der Waals surface area (Å²) in [5.74, 6) is 0. The molecule has 0 saturated carbocycles. The summed E-state index contributed by atoms with van der Waals surface area (Å²) in [6.07, 6.45) is 1.82. The Morgan fingerprint density at radius 1 is 1.47 bits per heavy atom. The number of aromatic nitrogens is 2. The van der Waals surface area contributed by atoms with Gasteiger partial charge in [-0.05, 0) is 52.7 Å². The van der Waals surface area contributed by atoms with Gasteiger partial charge in [0.1, 0.15) is 0 Å². The molecule has 0 bridgehead atoms. The van der Waals surface area contributed by atoms with Crippen LogP contribution in [-0.4, -0.2) is 16.3 Å². The van der Waals surface area contributed by atoms with Gasteiger partial charge in [0.15, 0.2) is 0 Å². The highest BCUT2D eigenvalue weighted by Gasteiger charge is 2.21. The molecule has 19 heavy (non-hydrogen) atoms. The molecule has 0 aliphatic carbocycles. The van der Waals surface area contributed by atoms with Crippen LogP contribution in [0.5, 0.6) is 0 Å². The van der Waals surface area contributed by atoms with E-state index in [1.54, 1.807) is 0 Å². The van der Waals surface area contributed by atoms with Crippen molar-refractivity contribution < 1.29 is 0 Å². The molecule has 1 heterocycles. The predicted molar refractivity (Wildman–Crippen MR) is 82.6 cm³/mol. The smallest absolute Gasteiger partial charge is 0.0762 e. The molecule has 0 aliphatic heterocycles. The van der Waals surface area contributed by atoms with Crippen molar-refractivity contribution in [3.05, 3.63) is 50.7 Å². The molecule has 2 rings (SSSR count). The number of halogens is 2. The van der Waals surface area contributed by atoms with Crippen molar-refractivity contribution in [2.24, 2.45) is 7.05 Å². The zero-order valence-corrected chi connectivity index (χ0v) is 13.6. The van der Waals surface area contributed by atoms with Crippen molar-refractivity contribution in [3.63, 3.8) is 0 Å². The number of benzene rings is 1. The average molecular weight is 343 g/mol. The van der Waals surface area contributed by atoms with Gasteiger partial charge in [-0.25, -0.2) is 0 Å². The molecule has 1 aromatic carbocycles. The largest absolute Gasteiger partial charge is 0.305 e. The number of hydrogen-bond acceptors (Lipinski definition) is 2. The van der Waals surface area contributed by atoms with Gasteiger partial charge in [0, 0.05) is 12.1 Å². The second-order valence-corrected chi connectivity index (χ2v) is 5.78. The number of rotatable bonds is 4. The molecule has 0 spiro atoms. The van der Waals surface area contributed by atoms with E-state index in [2.05, 4.69) is 40.2 Å². The second kappa shape index (κ2) is 6.07. The first-order valence-electron chi connectivity index (χ1n) is 6.21. The number of hydrogen-bond donors (Lipinski definition) is 1. The highest BCUT2D eigenvalue weighted by molar-refractivity contribution is 9.10. The molecule has 2 aromatic rings. The third-order valence-corrected chi connectivity index (χ3v) is 4.02. The fraction of sp³-hybridized carbons (Fsp3) is 0.357. The lowest BCUT2D eigenvalue weighted by Gasteiger charge is -2.21. The molecular weight excluding hydrogens is 326 g/mol. The Labute approximate surface area is 127 Å². The second-order valence-electron chi connectivity index (χ2n) is 4.49. The first-order chi connectivity index (χ1) is 9.04. The first kappa shape index (κ1) is 14.6. The van der Waals surface area contributed by atoms with Crippen molar-refractivity contribution in [2.45, 2.75) is 19.9 Å². The molecule has 3 nitrogen and oxygen atoms in total. The van der Waals surface area contributed by atoms with Crippen LogP contribution in [0.1, 0.15) is 29.8 Å². The van der Waals surface area contributed by atoms with Gasteiger partial charge in [0.05, 0.1) is 22.4 Å². The molecule has 102 valence electrons. The van der Waals surface area contributed by atoms with Crippen LogP contribution in [-0.2, 0) is 7.05 Å². The van der Waals surface area contributed by atoms with Crippen LogP contribution in [0.4, 0.5) is 0 Å². The highest BCUT2D eigenvalue weighted by atomic mass is 79.9. The van der Waals surface area contributed by atoms with Gasteiger partial charge in [0.25, 0.3) is 0 Å². The van der Waals surface area contributed by atoms with E-state index in [-0.39, 0.29) is 6.04 Å². The van der Waals surface area contributed by atoms with E-state index in [1.165, 1.54) is 11.1 Å². The number of nitrogens with zero attached hydrogens (tertiary/aromatic N) is 2. The molecule has 1 aromatic heterocycles. The molecule has 1 N–H and O–H groups in total. The van der Waals surface area contributed by atoms with Crippen LogP contribution in [0.25, 0.3) is 0 Å². The Morgan fingerprint density at radius 3 is 2.79 bits per heavy atom. The SMILES string of the molecule is CCNC(c1cc(Cl)ccc1C)c1c(Br)cnn1C. The summed E-state index contributed by atoms with van der Waals surface area (Å²) in [5.41, 5.74) is 3.49. The van der Waals surface area contributed by atoms with Gasteiger partial charge in [-0.1, -0.05) is 24.6 Å². The van der Waals surface area contributed by atoms with Crippen molar-refractivity contribution in [1.82, 2.24) is 15.1 Å². The summed E-state index contributed by atoms with van der Waals surface area (Å²) in [5, 5.41) is 8.55. The van der Waals surface area contributed by atoms with E-state index in [9.17, 15) is 0 Å². The summed E-state index contributed by atoms with van der Waals surface area (Å²) < 4.78 is 2.89. The molecule has 0 aliphatic rings. The van der Waals surface area contributed by atoms with E-state index in [0.29, 0.717) is 0 Å². The van der Waals surface area contributed by atoms with Crippen molar-refractivity contribution in [1.29, 1.82) is 0 Å². The Balaban J connectivity index is 2.54. The molecule has 1 unspecified atom stereocenters. The number of aryl methyl sites for hydroxylation is 2. The maximum atomic E-state index is 6.14. The third-order valence-electron chi connectivity index (χ3n) is 3.17. The quantitative estimate of drug-likeness (QED) is 0.915. The summed E-state index contributed by atoms with van der Waals surface area (Å²) >= 11 is 9.71. The molecule has 0 radical (unpaired) electrons. The fourth-order valence-corrected chi connectivity index (χ4v) is 2.98. The standard InChI is InChI=1S/C14H17BrClN3/c1-4-17-13(14-12(15)8-18-19(14)3)11-7-10(16)6-5-9(11)2/h5-8,13,17H,4H2,1-3H3. The fourth-order valence-electron chi connectivity index (χ4n) is 2.23. The highest BCUT2D eigenvalue weighted by Crippen LogP contribution is 2.31. The minimum Gasteiger partial charge on any atom is -0.305 e. The predicted octanol–water partition coefficient (Wildman–Crippen LogP) is 3.84. The van der Waals surface area contributed by atoms with Crippen LogP contribution < -0.4 is 5.32 Å². The zero-order valence-electron chi connectivity index (χ0n) is 11.2. The zero-order chi connectivity index (χ0) is 14.0. The van der Waals surface area contributed by atoms with Gasteiger partial charge in [-0.3, -0.25) is 4.68 Å². The molecule has 0 amide bonds. The van der Waals surface area contributed by atoms with Crippen molar-refractivity contribution in [2.75, 3.05) is 6.54 Å². The lowest BCUT2D eigenvalue weighted by atomic mass is 9.98. The van der Waals surface area contributed by atoms with E-state index in [0.717, 1.165) is 21.7 Å². The normalized spacial score (nSPS) is 12.7. The number of nitrogens with one attached hydrogen (secondary N) is 1. The molecule has 1 atom stereocenters. The van der Waals surface area contributed by atoms with Crippen LogP contribution in [0, 0.1) is 6.92 Å². The van der Waals surface area contributed by atoms with Gasteiger partial charge in [-0.2, -0.15) is 5.10 Å². The van der Waals surface area contributed by atoms with Crippen LogP contribution >= 0.6 is 27.5 Å². The van der Waals surface area contributed by atoms with E-state index in [1.807, 2.05) is 36.1 Å². The van der Waals surface area contributed by atoms with Gasteiger partial charge in [-0.15, -0.1) is 0 Å². The van der Waals surface area contributed by atoms with Gasteiger partial charge >= 0.3 is 0 Å². The lowest BCUT2D eigenvalue weighted by Crippen LogP contribution is -2.25. The van der Waals surface area contributed by atoms with Crippen molar-refractivity contribution in [3.8, 4) is 0 Å². The van der Waals surface area contributed by atoms with Crippen LogP contribution in [0.2, 0.25) is 5.02 Å². The van der Waals surface area contributed by atoms with Crippen molar-refractivity contribution >= 4 is 27.5 Å². The summed E-state index contributed by atoms with van der Waals surface area (Å²) in [7, 11) is 1.95. The Hall–Kier alpha value is -0.840. The topological polar surface area (TPSA) is 29.9 Å². The summed E-state index contributed by atoms with van der Waals surface area (Å²) in [6, 6.07) is 6.06. The minimum absolute atomic E-state index is 0.0746. The molecular formula is C14H17BrClN3. The Morgan fingerprint density at radius 2 is 2.21 bits per heavy atom. The van der Waals surface area contributed by atoms with Gasteiger partial charge in [0.2, 0.25) is 0 Å². The molecule has 0 fully saturated rings. The molecule has 0 saturated heterocycles. The van der Waals surface area contributed by atoms with Crippen LogP contribution in [0.15, 0.2) is 28.9 Å². The maximum Gasteiger partial charge on any atom is 0.0762 e. The average Bonchev–Trinajstić information content (AvgIpc) is 2.70. The summed E-state index contributed by atoms with van der Waals surface area (Å²) in [4.78, 5) is 0. The maximum absolute atomic E-state index is 6.14. The Bertz CT molecular complexity index is 561. The lowest BCUT2D eigenvalue weighted by molar-refractivity contribution is 0.569. The van der Waals surface area contributed by atoms with Crippen LogP contribution in [0.3, 0.4) is 0 Å². The van der Waals surface area contributed by atoms with Gasteiger partial charge < -0.3 is 5.32 Å². The van der Waals surface area contributed by atoms with E-state index < -0.39 is 0 Å².